The van der Waals surface area contributed by atoms with Gasteiger partial charge in [0.05, 0.1) is 23.4 Å². The number of ketones is 2. The van der Waals surface area contributed by atoms with Gasteiger partial charge in [-0.1, -0.05) is 0 Å². The van der Waals surface area contributed by atoms with Crippen molar-refractivity contribution in [1.29, 1.82) is 0 Å². The molecule has 0 saturated heterocycles. The maximum Gasteiger partial charge on any atom is 0.416 e. The van der Waals surface area contributed by atoms with Gasteiger partial charge in [0, 0.05) is 12.0 Å². The average molecular weight is 357 g/mol. The minimum Gasteiger partial charge on any atom is -0.501 e. The highest BCUT2D eigenvalue weighted by Gasteiger charge is 2.38. The van der Waals surface area contributed by atoms with Crippen molar-refractivity contribution in [2.75, 3.05) is 6.61 Å². The van der Waals surface area contributed by atoms with Crippen LogP contribution in [0.2, 0.25) is 0 Å². The summed E-state index contributed by atoms with van der Waals surface area (Å²) in [4.78, 5) is 34.8. The molecule has 1 aliphatic rings. The quantitative estimate of drug-likeness (QED) is 0.141. The molecule has 0 aromatic heterocycles. The van der Waals surface area contributed by atoms with Crippen molar-refractivity contribution in [3.05, 3.63) is 51.3 Å². The fourth-order valence-corrected chi connectivity index (χ4v) is 2.15. The maximum absolute atomic E-state index is 12.7. The molecular weight excluding hydrogens is 343 g/mol. The van der Waals surface area contributed by atoms with E-state index in [1.807, 2.05) is 0 Å². The van der Waals surface area contributed by atoms with E-state index in [0.717, 1.165) is 6.26 Å². The van der Waals surface area contributed by atoms with Crippen LogP contribution in [0, 0.1) is 16.0 Å². The summed E-state index contributed by atoms with van der Waals surface area (Å²) in [5.41, 5.74) is -3.24. The number of benzene rings is 1. The van der Waals surface area contributed by atoms with Crippen LogP contribution in [0.3, 0.4) is 0 Å². The Morgan fingerprint density at radius 1 is 1.36 bits per heavy atom. The number of hydrogen-bond donors (Lipinski definition) is 0. The Labute approximate surface area is 140 Å². The minimum absolute atomic E-state index is 0.157. The first-order valence-corrected chi connectivity index (χ1v) is 7.43. The molecule has 1 aliphatic carbocycles. The number of alkyl halides is 3. The highest BCUT2D eigenvalue weighted by atomic mass is 19.4. The van der Waals surface area contributed by atoms with Crippen molar-refractivity contribution < 1.29 is 32.4 Å². The molecule has 0 N–H and O–H groups in total. The van der Waals surface area contributed by atoms with Crippen LogP contribution in [0.15, 0.2) is 30.0 Å². The number of rotatable bonds is 7. The molecule has 1 aromatic rings. The van der Waals surface area contributed by atoms with Crippen LogP contribution in [0.4, 0.5) is 18.9 Å². The van der Waals surface area contributed by atoms with Crippen LogP contribution < -0.4 is 0 Å². The van der Waals surface area contributed by atoms with Gasteiger partial charge < -0.3 is 4.74 Å². The Kier molecular flexibility index (Phi) is 5.24. The van der Waals surface area contributed by atoms with Gasteiger partial charge in [0.1, 0.15) is 11.1 Å². The Bertz CT molecular complexity index is 751. The third-order valence-electron chi connectivity index (χ3n) is 3.59. The largest absolute Gasteiger partial charge is 0.501 e. The fourth-order valence-electron chi connectivity index (χ4n) is 2.15. The number of carbonyl (C=O) groups excluding carboxylic acids is 2. The molecule has 0 heterocycles. The van der Waals surface area contributed by atoms with Crippen molar-refractivity contribution in [1.82, 2.24) is 0 Å². The molecule has 0 spiro atoms. The molecule has 0 aliphatic heterocycles. The lowest BCUT2D eigenvalue weighted by Crippen LogP contribution is -2.17. The lowest BCUT2D eigenvalue weighted by atomic mass is 9.96. The second kappa shape index (κ2) is 7.04. The van der Waals surface area contributed by atoms with Crippen molar-refractivity contribution >= 4 is 17.3 Å². The molecule has 134 valence electrons. The summed E-state index contributed by atoms with van der Waals surface area (Å²) < 4.78 is 43.2. The van der Waals surface area contributed by atoms with E-state index in [0.29, 0.717) is 25.0 Å². The Balaban J connectivity index is 2.48. The zero-order chi connectivity index (χ0) is 18.8. The van der Waals surface area contributed by atoms with Gasteiger partial charge in [-0.25, -0.2) is 0 Å². The van der Waals surface area contributed by atoms with Crippen molar-refractivity contribution in [3.8, 4) is 0 Å². The van der Waals surface area contributed by atoms with Gasteiger partial charge in [-0.15, -0.1) is 0 Å². The van der Waals surface area contributed by atoms with Crippen LogP contribution >= 0.6 is 0 Å². The van der Waals surface area contributed by atoms with Gasteiger partial charge >= 0.3 is 6.18 Å². The Morgan fingerprint density at radius 3 is 2.48 bits per heavy atom. The molecule has 0 radical (unpaired) electrons. The number of nitro groups is 1. The van der Waals surface area contributed by atoms with Crippen LogP contribution in [0.5, 0.6) is 0 Å². The lowest BCUT2D eigenvalue weighted by molar-refractivity contribution is -0.385. The van der Waals surface area contributed by atoms with E-state index in [2.05, 4.69) is 0 Å². The summed E-state index contributed by atoms with van der Waals surface area (Å²) in [6.45, 7) is 1.77. The minimum atomic E-state index is -4.79. The smallest absolute Gasteiger partial charge is 0.416 e. The Morgan fingerprint density at radius 2 is 2.00 bits per heavy atom. The zero-order valence-electron chi connectivity index (χ0n) is 13.1. The third-order valence-corrected chi connectivity index (χ3v) is 3.59. The number of allylic oxidation sites excluding steroid dienone is 1. The third kappa shape index (κ3) is 4.23. The molecule has 6 nitrogen and oxygen atoms in total. The van der Waals surface area contributed by atoms with Gasteiger partial charge in [0.2, 0.25) is 5.78 Å². The van der Waals surface area contributed by atoms with Crippen LogP contribution in [-0.4, -0.2) is 23.1 Å². The molecule has 0 bridgehead atoms. The molecule has 9 heteroatoms. The van der Waals surface area contributed by atoms with E-state index in [4.69, 9.17) is 4.74 Å². The van der Waals surface area contributed by atoms with E-state index < -0.39 is 45.1 Å². The summed E-state index contributed by atoms with van der Waals surface area (Å²) >= 11 is 0. The predicted molar refractivity (Wildman–Crippen MR) is 79.9 cm³/mol. The first-order valence-electron chi connectivity index (χ1n) is 7.43. The molecule has 0 amide bonds. The van der Waals surface area contributed by atoms with E-state index in [-0.39, 0.29) is 18.6 Å². The highest BCUT2D eigenvalue weighted by molar-refractivity contribution is 6.28. The number of halogens is 3. The van der Waals surface area contributed by atoms with Gasteiger partial charge in [0.25, 0.3) is 5.69 Å². The van der Waals surface area contributed by atoms with Gasteiger partial charge in [-0.3, -0.25) is 19.7 Å². The summed E-state index contributed by atoms with van der Waals surface area (Å²) in [5.74, 6) is -1.90. The Hall–Kier alpha value is -2.71. The van der Waals surface area contributed by atoms with E-state index in [9.17, 15) is 32.9 Å². The molecule has 1 aromatic carbocycles. The average Bonchev–Trinajstić information content (AvgIpc) is 3.38. The number of nitro benzene ring substituents is 1. The second-order valence-electron chi connectivity index (χ2n) is 5.44. The summed E-state index contributed by atoms with van der Waals surface area (Å²) in [5, 5.41) is 11.1. The normalized spacial score (nSPS) is 15.0. The molecule has 0 atom stereocenters. The summed E-state index contributed by atoms with van der Waals surface area (Å²) in [6, 6.07) is 1.57. The first-order chi connectivity index (χ1) is 11.7. The number of nitrogens with zero attached hydrogens (tertiary/aromatic N) is 1. The monoisotopic (exact) mass is 357 g/mol. The van der Waals surface area contributed by atoms with E-state index >= 15 is 0 Å². The molecule has 0 unspecified atom stereocenters. The maximum atomic E-state index is 12.7. The van der Waals surface area contributed by atoms with Crippen LogP contribution in [0.25, 0.3) is 0 Å². The molecule has 25 heavy (non-hydrogen) atoms. The number of carbonyl (C=O) groups is 2. The summed E-state index contributed by atoms with van der Waals surface area (Å²) in [6.07, 6.45) is -2.69. The molecule has 2 rings (SSSR count). The highest BCUT2D eigenvalue weighted by Crippen LogP contribution is 2.36. The van der Waals surface area contributed by atoms with Crippen molar-refractivity contribution in [3.63, 3.8) is 0 Å². The first kappa shape index (κ1) is 18.6. The lowest BCUT2D eigenvalue weighted by Gasteiger charge is -2.10. The predicted octanol–water partition coefficient (Wildman–Crippen LogP) is 3.70. The fraction of sp³-hybridized carbons (Fsp3) is 0.375. The van der Waals surface area contributed by atoms with Crippen LogP contribution in [-0.2, 0) is 15.7 Å². The van der Waals surface area contributed by atoms with Crippen LogP contribution in [0.1, 0.15) is 35.7 Å². The zero-order valence-corrected chi connectivity index (χ0v) is 13.1. The van der Waals surface area contributed by atoms with Gasteiger partial charge in [-0.2, -0.15) is 13.2 Å². The van der Waals surface area contributed by atoms with Crippen molar-refractivity contribution in [2.45, 2.75) is 25.9 Å². The van der Waals surface area contributed by atoms with Gasteiger partial charge in [0.15, 0.2) is 5.78 Å². The van der Waals surface area contributed by atoms with Gasteiger partial charge in [-0.05, 0) is 31.9 Å². The number of ether oxygens (including phenoxy) is 1. The van der Waals surface area contributed by atoms with E-state index in [1.54, 1.807) is 6.92 Å². The second-order valence-corrected chi connectivity index (χ2v) is 5.44. The molecule has 1 saturated carbocycles. The number of Topliss-reactive ketones (excluding diaryl/α,β-unsaturated/α-hetero) is 2. The molecular formula is C16H14F3NO5. The van der Waals surface area contributed by atoms with Crippen molar-refractivity contribution in [2.24, 2.45) is 5.92 Å². The molecule has 1 fully saturated rings. The standard InChI is InChI=1S/C16H14F3NO5/c1-2-25-8-12(14(21)9-3-4-9)15(22)11-6-5-10(16(17,18)19)7-13(11)20(23)24/h5-9H,2-4H2,1H3/b12-8-. The topological polar surface area (TPSA) is 86.5 Å². The van der Waals surface area contributed by atoms with E-state index in [1.165, 1.54) is 0 Å². The number of hydrogen-bond acceptors (Lipinski definition) is 5. The SMILES string of the molecule is CCO/C=C(\C(=O)c1ccc(C(F)(F)F)cc1[N+](=O)[O-])C(=O)C1CC1. The summed E-state index contributed by atoms with van der Waals surface area (Å²) in [7, 11) is 0.